The molecule has 0 spiro atoms. The zero-order chi connectivity index (χ0) is 14.5. The van der Waals surface area contributed by atoms with Crippen LogP contribution in [0.5, 0.6) is 6.01 Å². The third-order valence-corrected chi connectivity index (χ3v) is 3.74. The van der Waals surface area contributed by atoms with Crippen LogP contribution in [0.1, 0.15) is 13.3 Å². The molecular weight excluding hydrogens is 278 g/mol. The van der Waals surface area contributed by atoms with Crippen LogP contribution < -0.4 is 9.64 Å². The van der Waals surface area contributed by atoms with E-state index in [-0.39, 0.29) is 6.04 Å². The lowest BCUT2D eigenvalue weighted by atomic mass is 10.2. The van der Waals surface area contributed by atoms with Crippen LogP contribution in [0.15, 0.2) is 6.20 Å². The lowest BCUT2D eigenvalue weighted by molar-refractivity contribution is 0.215. The summed E-state index contributed by atoms with van der Waals surface area (Å²) in [5, 5.41) is 9.63. The van der Waals surface area contributed by atoms with Gasteiger partial charge < -0.3 is 9.64 Å². The molecule has 1 saturated heterocycles. The van der Waals surface area contributed by atoms with Crippen molar-refractivity contribution in [1.82, 2.24) is 14.9 Å². The van der Waals surface area contributed by atoms with Crippen LogP contribution in [-0.2, 0) is 0 Å². The van der Waals surface area contributed by atoms with Gasteiger partial charge in [0.2, 0.25) is 0 Å². The number of aromatic nitrogens is 2. The topological polar surface area (TPSA) is 65.3 Å². The zero-order valence-electron chi connectivity index (χ0n) is 11.7. The highest BCUT2D eigenvalue weighted by atomic mass is 35.5. The molecule has 7 heteroatoms. The maximum Gasteiger partial charge on any atom is 0.318 e. The summed E-state index contributed by atoms with van der Waals surface area (Å²) in [6.07, 6.45) is 2.40. The summed E-state index contributed by atoms with van der Waals surface area (Å²) in [6, 6.07) is 2.65. The van der Waals surface area contributed by atoms with Crippen LogP contribution in [0.3, 0.4) is 0 Å². The molecule has 0 N–H and O–H groups in total. The van der Waals surface area contributed by atoms with Crippen molar-refractivity contribution in [1.29, 1.82) is 5.26 Å². The molecule has 0 amide bonds. The molecular formula is C13H18ClN5O. The standard InChI is InChI=1S/C13H18ClN5O/c1-3-10(8-15)18-4-6-19(7-5-18)12-11(14)9-16-13(17-12)20-2/h9-10H,3-7H2,1-2H3. The van der Waals surface area contributed by atoms with E-state index >= 15 is 0 Å². The van der Waals surface area contributed by atoms with E-state index in [1.165, 1.54) is 7.11 Å². The zero-order valence-corrected chi connectivity index (χ0v) is 12.5. The molecule has 20 heavy (non-hydrogen) atoms. The van der Waals surface area contributed by atoms with Crippen molar-refractivity contribution in [3.63, 3.8) is 0 Å². The third kappa shape index (κ3) is 3.11. The molecule has 1 atom stereocenters. The minimum absolute atomic E-state index is 0.00689. The number of nitriles is 1. The maximum absolute atomic E-state index is 9.11. The number of halogens is 1. The molecule has 2 rings (SSSR count). The first-order valence-corrected chi connectivity index (χ1v) is 7.02. The predicted octanol–water partition coefficient (Wildman–Crippen LogP) is 1.56. The Hall–Kier alpha value is -1.58. The molecule has 0 aromatic carbocycles. The van der Waals surface area contributed by atoms with Gasteiger partial charge >= 0.3 is 6.01 Å². The second kappa shape index (κ2) is 6.73. The Morgan fingerprint density at radius 2 is 2.15 bits per heavy atom. The van der Waals surface area contributed by atoms with E-state index in [0.29, 0.717) is 16.9 Å². The quantitative estimate of drug-likeness (QED) is 0.840. The first-order valence-electron chi connectivity index (χ1n) is 6.64. The fourth-order valence-electron chi connectivity index (χ4n) is 2.34. The molecule has 1 aromatic rings. The van der Waals surface area contributed by atoms with Gasteiger partial charge in [0.05, 0.1) is 25.4 Å². The number of anilines is 1. The molecule has 0 saturated carbocycles. The van der Waals surface area contributed by atoms with Crippen molar-refractivity contribution in [2.24, 2.45) is 0 Å². The third-order valence-electron chi connectivity index (χ3n) is 3.48. The van der Waals surface area contributed by atoms with Gasteiger partial charge in [0.1, 0.15) is 5.02 Å². The van der Waals surface area contributed by atoms with Gasteiger partial charge in [0, 0.05) is 26.2 Å². The van der Waals surface area contributed by atoms with Gasteiger partial charge in [-0.1, -0.05) is 18.5 Å². The van der Waals surface area contributed by atoms with E-state index in [0.717, 1.165) is 32.6 Å². The maximum atomic E-state index is 9.11. The van der Waals surface area contributed by atoms with Gasteiger partial charge in [-0.2, -0.15) is 10.2 Å². The Morgan fingerprint density at radius 3 is 2.70 bits per heavy atom. The molecule has 1 aliphatic heterocycles. The van der Waals surface area contributed by atoms with Crippen LogP contribution in [0.4, 0.5) is 5.82 Å². The summed E-state index contributed by atoms with van der Waals surface area (Å²) in [4.78, 5) is 12.6. The summed E-state index contributed by atoms with van der Waals surface area (Å²) in [5.41, 5.74) is 0. The lowest BCUT2D eigenvalue weighted by Crippen LogP contribution is -2.50. The predicted molar refractivity (Wildman–Crippen MR) is 77.1 cm³/mol. The van der Waals surface area contributed by atoms with Gasteiger partial charge in [-0.3, -0.25) is 4.90 Å². The number of nitrogens with zero attached hydrogens (tertiary/aromatic N) is 5. The van der Waals surface area contributed by atoms with E-state index < -0.39 is 0 Å². The number of ether oxygens (including phenoxy) is 1. The Labute approximate surface area is 123 Å². The van der Waals surface area contributed by atoms with Gasteiger partial charge in [-0.25, -0.2) is 4.98 Å². The second-order valence-corrected chi connectivity index (χ2v) is 5.01. The smallest absolute Gasteiger partial charge is 0.318 e. The van der Waals surface area contributed by atoms with E-state index in [1.54, 1.807) is 6.20 Å². The molecule has 0 radical (unpaired) electrons. The van der Waals surface area contributed by atoms with Gasteiger partial charge in [-0.05, 0) is 6.42 Å². The van der Waals surface area contributed by atoms with E-state index in [4.69, 9.17) is 21.6 Å². The number of rotatable bonds is 4. The Kier molecular flexibility index (Phi) is 4.99. The normalized spacial score (nSPS) is 17.6. The Balaban J connectivity index is 2.06. The number of hydrogen-bond acceptors (Lipinski definition) is 6. The van der Waals surface area contributed by atoms with Crippen molar-refractivity contribution >= 4 is 17.4 Å². The molecule has 1 aromatic heterocycles. The number of hydrogen-bond donors (Lipinski definition) is 0. The first-order chi connectivity index (χ1) is 9.69. The van der Waals surface area contributed by atoms with E-state index in [1.807, 2.05) is 6.92 Å². The summed E-state index contributed by atoms with van der Waals surface area (Å²) < 4.78 is 5.03. The van der Waals surface area contributed by atoms with Crippen molar-refractivity contribution < 1.29 is 4.74 Å². The second-order valence-electron chi connectivity index (χ2n) is 4.60. The van der Waals surface area contributed by atoms with Crippen molar-refractivity contribution in [3.05, 3.63) is 11.2 Å². The summed E-state index contributed by atoms with van der Waals surface area (Å²) in [5.74, 6) is 0.697. The minimum atomic E-state index is -0.00689. The fraction of sp³-hybridized carbons (Fsp3) is 0.615. The molecule has 1 aliphatic rings. The molecule has 0 aliphatic carbocycles. The van der Waals surface area contributed by atoms with Crippen molar-refractivity contribution in [2.45, 2.75) is 19.4 Å². The highest BCUT2D eigenvalue weighted by Crippen LogP contribution is 2.25. The lowest BCUT2D eigenvalue weighted by Gasteiger charge is -2.37. The van der Waals surface area contributed by atoms with Crippen LogP contribution in [0.25, 0.3) is 0 Å². The highest BCUT2D eigenvalue weighted by Gasteiger charge is 2.24. The van der Waals surface area contributed by atoms with Crippen molar-refractivity contribution in [2.75, 3.05) is 38.2 Å². The SMILES string of the molecule is CCC(C#N)N1CCN(c2nc(OC)ncc2Cl)CC1. The average Bonchev–Trinajstić information content (AvgIpc) is 2.50. The Morgan fingerprint density at radius 1 is 1.45 bits per heavy atom. The molecule has 108 valence electrons. The summed E-state index contributed by atoms with van der Waals surface area (Å²) in [7, 11) is 1.53. The highest BCUT2D eigenvalue weighted by molar-refractivity contribution is 6.32. The average molecular weight is 296 g/mol. The minimum Gasteiger partial charge on any atom is -0.467 e. The van der Waals surface area contributed by atoms with E-state index in [9.17, 15) is 0 Å². The van der Waals surface area contributed by atoms with Crippen LogP contribution >= 0.6 is 11.6 Å². The van der Waals surface area contributed by atoms with Crippen molar-refractivity contribution in [3.8, 4) is 12.1 Å². The van der Waals surface area contributed by atoms with Gasteiger partial charge in [-0.15, -0.1) is 0 Å². The number of piperazine rings is 1. The largest absolute Gasteiger partial charge is 0.467 e. The van der Waals surface area contributed by atoms with Crippen LogP contribution in [-0.4, -0.2) is 54.2 Å². The van der Waals surface area contributed by atoms with Gasteiger partial charge in [0.25, 0.3) is 0 Å². The monoisotopic (exact) mass is 295 g/mol. The van der Waals surface area contributed by atoms with E-state index in [2.05, 4.69) is 25.8 Å². The molecule has 0 bridgehead atoms. The fourth-order valence-corrected chi connectivity index (χ4v) is 2.55. The molecule has 1 fully saturated rings. The molecule has 2 heterocycles. The summed E-state index contributed by atoms with van der Waals surface area (Å²) in [6.45, 7) is 5.27. The van der Waals surface area contributed by atoms with Gasteiger partial charge in [0.15, 0.2) is 5.82 Å². The van der Waals surface area contributed by atoms with Crippen LogP contribution in [0.2, 0.25) is 5.02 Å². The number of methoxy groups -OCH3 is 1. The Bertz CT molecular complexity index is 496. The molecule has 6 nitrogen and oxygen atoms in total. The molecule has 1 unspecified atom stereocenters. The first kappa shape index (κ1) is 14.8. The van der Waals surface area contributed by atoms with Crippen LogP contribution in [0, 0.1) is 11.3 Å². The summed E-state index contributed by atoms with van der Waals surface area (Å²) >= 11 is 6.15.